The minimum absolute atomic E-state index is 0.0437. The molecule has 1 unspecified atom stereocenters. The summed E-state index contributed by atoms with van der Waals surface area (Å²) >= 11 is 1.69. The summed E-state index contributed by atoms with van der Waals surface area (Å²) in [4.78, 5) is 14.1. The molecule has 1 heterocycles. The van der Waals surface area contributed by atoms with E-state index in [4.69, 9.17) is 5.73 Å². The fourth-order valence-corrected chi connectivity index (χ4v) is 3.23. The van der Waals surface area contributed by atoms with Gasteiger partial charge in [0.25, 0.3) is 0 Å². The number of hydrogen-bond acceptors (Lipinski definition) is 3. The SMILES string of the molecule is Cc1ccsc1C(Cc1ccccc1N)N(C)C=O. The van der Waals surface area contributed by atoms with Gasteiger partial charge in [0.05, 0.1) is 6.04 Å². The summed E-state index contributed by atoms with van der Waals surface area (Å²) in [5.74, 6) is 0. The minimum atomic E-state index is 0.0437. The van der Waals surface area contributed by atoms with Gasteiger partial charge in [0.1, 0.15) is 0 Å². The van der Waals surface area contributed by atoms with Crippen molar-refractivity contribution in [2.24, 2.45) is 0 Å². The molecule has 0 aliphatic heterocycles. The lowest BCUT2D eigenvalue weighted by Crippen LogP contribution is -2.25. The van der Waals surface area contributed by atoms with Gasteiger partial charge >= 0.3 is 0 Å². The smallest absolute Gasteiger partial charge is 0.209 e. The highest BCUT2D eigenvalue weighted by Gasteiger charge is 2.20. The van der Waals surface area contributed by atoms with E-state index >= 15 is 0 Å². The standard InChI is InChI=1S/C15H18N2OS/c1-11-7-8-19-15(11)14(17(2)10-18)9-12-5-3-4-6-13(12)16/h3-8,10,14H,9,16H2,1-2H3. The summed E-state index contributed by atoms with van der Waals surface area (Å²) in [6, 6.07) is 9.94. The number of para-hydroxylation sites is 1. The Morgan fingerprint density at radius 3 is 2.68 bits per heavy atom. The number of thiophene rings is 1. The fraction of sp³-hybridized carbons (Fsp3) is 0.267. The lowest BCUT2D eigenvalue weighted by atomic mass is 10.0. The Morgan fingerprint density at radius 2 is 2.11 bits per heavy atom. The number of carbonyl (C=O) groups is 1. The maximum absolute atomic E-state index is 11.1. The lowest BCUT2D eigenvalue weighted by molar-refractivity contribution is -0.118. The average molecular weight is 274 g/mol. The molecule has 1 aromatic carbocycles. The summed E-state index contributed by atoms with van der Waals surface area (Å²) in [6.07, 6.45) is 1.62. The van der Waals surface area contributed by atoms with E-state index in [1.54, 1.807) is 16.2 Å². The van der Waals surface area contributed by atoms with Crippen LogP contribution in [0.1, 0.15) is 22.0 Å². The second kappa shape index (κ2) is 5.89. The fourth-order valence-electron chi connectivity index (χ4n) is 2.15. The molecule has 2 rings (SSSR count). The lowest BCUT2D eigenvalue weighted by Gasteiger charge is -2.25. The third-order valence-corrected chi connectivity index (χ3v) is 4.45. The zero-order valence-corrected chi connectivity index (χ0v) is 12.0. The first-order valence-corrected chi connectivity index (χ1v) is 7.06. The van der Waals surface area contributed by atoms with E-state index in [9.17, 15) is 4.79 Å². The van der Waals surface area contributed by atoms with Crippen LogP contribution in [0, 0.1) is 6.92 Å². The van der Waals surface area contributed by atoms with Crippen molar-refractivity contribution in [3.05, 3.63) is 51.7 Å². The number of aryl methyl sites for hydroxylation is 1. The van der Waals surface area contributed by atoms with E-state index in [1.807, 2.05) is 31.3 Å². The average Bonchev–Trinajstić information content (AvgIpc) is 2.83. The van der Waals surface area contributed by atoms with Gasteiger partial charge in [-0.15, -0.1) is 11.3 Å². The zero-order valence-electron chi connectivity index (χ0n) is 11.2. The molecule has 4 heteroatoms. The normalized spacial score (nSPS) is 12.1. The van der Waals surface area contributed by atoms with Gasteiger partial charge in [0.15, 0.2) is 0 Å². The van der Waals surface area contributed by atoms with Crippen LogP contribution >= 0.6 is 11.3 Å². The molecule has 3 nitrogen and oxygen atoms in total. The predicted octanol–water partition coefficient (Wildman–Crippen LogP) is 3.01. The molecule has 0 radical (unpaired) electrons. The maximum atomic E-state index is 11.1. The minimum Gasteiger partial charge on any atom is -0.399 e. The summed E-state index contributed by atoms with van der Waals surface area (Å²) in [5.41, 5.74) is 9.08. The number of likely N-dealkylation sites (N-methyl/N-ethyl adjacent to an activating group) is 1. The van der Waals surface area contributed by atoms with Gasteiger partial charge in [-0.1, -0.05) is 18.2 Å². The number of amides is 1. The van der Waals surface area contributed by atoms with E-state index in [-0.39, 0.29) is 6.04 Å². The van der Waals surface area contributed by atoms with Gasteiger partial charge in [-0.25, -0.2) is 0 Å². The van der Waals surface area contributed by atoms with Crippen molar-refractivity contribution in [3.8, 4) is 0 Å². The number of benzene rings is 1. The Kier molecular flexibility index (Phi) is 4.22. The Labute approximate surface area is 117 Å². The van der Waals surface area contributed by atoms with Crippen molar-refractivity contribution in [2.45, 2.75) is 19.4 Å². The van der Waals surface area contributed by atoms with E-state index in [0.29, 0.717) is 0 Å². The molecular formula is C15H18N2OS. The molecular weight excluding hydrogens is 256 g/mol. The van der Waals surface area contributed by atoms with Crippen LogP contribution in [0.4, 0.5) is 5.69 Å². The molecule has 1 atom stereocenters. The van der Waals surface area contributed by atoms with Gasteiger partial charge < -0.3 is 10.6 Å². The van der Waals surface area contributed by atoms with Crippen molar-refractivity contribution in [1.29, 1.82) is 0 Å². The second-order valence-corrected chi connectivity index (χ2v) is 5.61. The molecule has 0 bridgehead atoms. The number of anilines is 1. The van der Waals surface area contributed by atoms with Gasteiger partial charge in [-0.2, -0.15) is 0 Å². The van der Waals surface area contributed by atoms with Gasteiger partial charge in [-0.3, -0.25) is 4.79 Å². The molecule has 100 valence electrons. The molecule has 0 saturated carbocycles. The number of rotatable bonds is 5. The molecule has 0 saturated heterocycles. The van der Waals surface area contributed by atoms with Crippen LogP contribution in [0.3, 0.4) is 0 Å². The third kappa shape index (κ3) is 2.96. The van der Waals surface area contributed by atoms with E-state index in [2.05, 4.69) is 18.4 Å². The monoisotopic (exact) mass is 274 g/mol. The Hall–Kier alpha value is -1.81. The molecule has 19 heavy (non-hydrogen) atoms. The molecule has 0 fully saturated rings. The highest BCUT2D eigenvalue weighted by Crippen LogP contribution is 2.31. The van der Waals surface area contributed by atoms with E-state index < -0.39 is 0 Å². The van der Waals surface area contributed by atoms with Gasteiger partial charge in [0.2, 0.25) is 6.41 Å². The second-order valence-electron chi connectivity index (χ2n) is 4.66. The van der Waals surface area contributed by atoms with Crippen molar-refractivity contribution >= 4 is 23.4 Å². The summed E-state index contributed by atoms with van der Waals surface area (Å²) < 4.78 is 0. The van der Waals surface area contributed by atoms with E-state index in [0.717, 1.165) is 24.1 Å². The first-order valence-electron chi connectivity index (χ1n) is 6.18. The highest BCUT2D eigenvalue weighted by molar-refractivity contribution is 7.10. The number of nitrogen functional groups attached to an aromatic ring is 1. The van der Waals surface area contributed by atoms with Crippen LogP contribution in [0.5, 0.6) is 0 Å². The first-order chi connectivity index (χ1) is 9.13. The largest absolute Gasteiger partial charge is 0.399 e. The van der Waals surface area contributed by atoms with Gasteiger partial charge in [0, 0.05) is 17.6 Å². The van der Waals surface area contributed by atoms with Crippen LogP contribution < -0.4 is 5.73 Å². The summed E-state index contributed by atoms with van der Waals surface area (Å²) in [5, 5.41) is 2.06. The molecule has 1 amide bonds. The molecule has 0 aliphatic carbocycles. The first kappa shape index (κ1) is 13.6. The predicted molar refractivity (Wildman–Crippen MR) is 80.2 cm³/mol. The van der Waals surface area contributed by atoms with Crippen LogP contribution in [-0.4, -0.2) is 18.4 Å². The number of nitrogens with two attached hydrogens (primary N) is 1. The van der Waals surface area contributed by atoms with Crippen LogP contribution in [-0.2, 0) is 11.2 Å². The molecule has 2 N–H and O–H groups in total. The Morgan fingerprint density at radius 1 is 1.37 bits per heavy atom. The van der Waals surface area contributed by atoms with Crippen LogP contribution in [0.25, 0.3) is 0 Å². The highest BCUT2D eigenvalue weighted by atomic mass is 32.1. The van der Waals surface area contributed by atoms with Crippen LogP contribution in [0.2, 0.25) is 0 Å². The Balaban J connectivity index is 2.32. The number of carbonyl (C=O) groups excluding carboxylic acids is 1. The maximum Gasteiger partial charge on any atom is 0.209 e. The van der Waals surface area contributed by atoms with Crippen molar-refractivity contribution in [2.75, 3.05) is 12.8 Å². The van der Waals surface area contributed by atoms with Crippen LogP contribution in [0.15, 0.2) is 35.7 Å². The van der Waals surface area contributed by atoms with Gasteiger partial charge in [-0.05, 0) is 42.0 Å². The van der Waals surface area contributed by atoms with Crippen molar-refractivity contribution in [3.63, 3.8) is 0 Å². The topological polar surface area (TPSA) is 46.3 Å². The van der Waals surface area contributed by atoms with E-state index in [1.165, 1.54) is 10.4 Å². The molecule has 0 aliphatic rings. The zero-order chi connectivity index (χ0) is 13.8. The number of nitrogens with zero attached hydrogens (tertiary/aromatic N) is 1. The third-order valence-electron chi connectivity index (χ3n) is 3.33. The molecule has 0 spiro atoms. The van der Waals surface area contributed by atoms with Crippen molar-refractivity contribution in [1.82, 2.24) is 4.90 Å². The molecule has 2 aromatic rings. The molecule has 1 aromatic heterocycles. The quantitative estimate of drug-likeness (QED) is 0.673. The summed E-state index contributed by atoms with van der Waals surface area (Å²) in [6.45, 7) is 2.08. The summed E-state index contributed by atoms with van der Waals surface area (Å²) in [7, 11) is 1.82. The number of hydrogen-bond donors (Lipinski definition) is 1. The van der Waals surface area contributed by atoms with Crippen molar-refractivity contribution < 1.29 is 4.79 Å². The Bertz CT molecular complexity index is 565.